The third kappa shape index (κ3) is 4.24. The molecule has 1 atom stereocenters. The second-order valence-corrected chi connectivity index (χ2v) is 4.75. The van der Waals surface area contributed by atoms with Gasteiger partial charge in [-0.3, -0.25) is 4.79 Å². The van der Waals surface area contributed by atoms with E-state index in [4.69, 9.17) is 4.74 Å². The first-order valence-electron chi connectivity index (χ1n) is 6.45. The lowest BCUT2D eigenvalue weighted by atomic mass is 9.92. The van der Waals surface area contributed by atoms with Crippen LogP contribution in [-0.4, -0.2) is 34.2 Å². The molecule has 6 heteroatoms. The maximum absolute atomic E-state index is 12.1. The highest BCUT2D eigenvalue weighted by atomic mass is 16.5. The van der Waals surface area contributed by atoms with Gasteiger partial charge in [-0.1, -0.05) is 12.6 Å². The molecule has 21 heavy (non-hydrogen) atoms. The van der Waals surface area contributed by atoms with Crippen LogP contribution in [0.15, 0.2) is 30.9 Å². The second kappa shape index (κ2) is 6.78. The normalized spacial score (nSPS) is 13.0. The van der Waals surface area contributed by atoms with E-state index in [1.54, 1.807) is 13.0 Å². The number of phenols is 2. The maximum Gasteiger partial charge on any atom is 0.331 e. The van der Waals surface area contributed by atoms with Gasteiger partial charge in [0.05, 0.1) is 6.61 Å². The van der Waals surface area contributed by atoms with E-state index in [9.17, 15) is 19.8 Å². The van der Waals surface area contributed by atoms with Crippen LogP contribution >= 0.6 is 0 Å². The van der Waals surface area contributed by atoms with E-state index in [1.165, 1.54) is 19.1 Å². The lowest BCUT2D eigenvalue weighted by Crippen LogP contribution is -2.54. The predicted octanol–water partition coefficient (Wildman–Crippen LogP) is 1.26. The number of nitrogens with one attached hydrogen (secondary N) is 1. The van der Waals surface area contributed by atoms with Crippen LogP contribution in [0.5, 0.6) is 11.5 Å². The van der Waals surface area contributed by atoms with Gasteiger partial charge < -0.3 is 20.3 Å². The quantitative estimate of drug-likeness (QED) is 0.417. The second-order valence-electron chi connectivity index (χ2n) is 4.75. The van der Waals surface area contributed by atoms with E-state index in [0.717, 1.165) is 6.08 Å². The standard InChI is InChI=1S/C15H19NO5/c1-4-13(19)16-15(3,14(20)21-5-2)9-10-6-7-11(17)12(18)8-10/h4,6-8,17-18H,1,5,9H2,2-3H3,(H,16,19). The number of hydrogen-bond acceptors (Lipinski definition) is 5. The molecule has 1 aromatic rings. The summed E-state index contributed by atoms with van der Waals surface area (Å²) in [6.45, 7) is 6.72. The minimum atomic E-state index is -1.30. The third-order valence-electron chi connectivity index (χ3n) is 2.91. The number of rotatable bonds is 6. The van der Waals surface area contributed by atoms with Gasteiger partial charge in [0.25, 0.3) is 0 Å². The SMILES string of the molecule is C=CC(=O)NC(C)(Cc1ccc(O)c(O)c1)C(=O)OCC. The van der Waals surface area contributed by atoms with Crippen LogP contribution in [0, 0.1) is 0 Å². The molecule has 114 valence electrons. The number of carbonyl (C=O) groups excluding carboxylic acids is 2. The topological polar surface area (TPSA) is 95.9 Å². The summed E-state index contributed by atoms with van der Waals surface area (Å²) in [5, 5.41) is 21.3. The maximum atomic E-state index is 12.1. The van der Waals surface area contributed by atoms with E-state index >= 15 is 0 Å². The van der Waals surface area contributed by atoms with Crippen molar-refractivity contribution in [3.8, 4) is 11.5 Å². The number of amides is 1. The van der Waals surface area contributed by atoms with E-state index in [1.807, 2.05) is 0 Å². The molecule has 0 aliphatic rings. The van der Waals surface area contributed by atoms with Crippen LogP contribution in [0.1, 0.15) is 19.4 Å². The van der Waals surface area contributed by atoms with E-state index in [-0.39, 0.29) is 24.5 Å². The average Bonchev–Trinajstić information content (AvgIpc) is 2.43. The van der Waals surface area contributed by atoms with Gasteiger partial charge in [0.2, 0.25) is 5.91 Å². The highest BCUT2D eigenvalue weighted by Crippen LogP contribution is 2.27. The van der Waals surface area contributed by atoms with Crippen molar-refractivity contribution in [3.63, 3.8) is 0 Å². The molecule has 1 unspecified atom stereocenters. The van der Waals surface area contributed by atoms with Crippen molar-refractivity contribution in [2.45, 2.75) is 25.8 Å². The smallest absolute Gasteiger partial charge is 0.331 e. The van der Waals surface area contributed by atoms with Gasteiger partial charge in [-0.2, -0.15) is 0 Å². The zero-order valence-electron chi connectivity index (χ0n) is 12.0. The van der Waals surface area contributed by atoms with Gasteiger partial charge in [0.1, 0.15) is 5.54 Å². The fourth-order valence-corrected chi connectivity index (χ4v) is 1.87. The number of carbonyl (C=O) groups is 2. The van der Waals surface area contributed by atoms with E-state index < -0.39 is 17.4 Å². The molecule has 3 N–H and O–H groups in total. The molecule has 0 spiro atoms. The zero-order chi connectivity index (χ0) is 16.0. The molecule has 6 nitrogen and oxygen atoms in total. The first kappa shape index (κ1) is 16.6. The zero-order valence-corrected chi connectivity index (χ0v) is 12.0. The van der Waals surface area contributed by atoms with Gasteiger partial charge in [0.15, 0.2) is 11.5 Å². The largest absolute Gasteiger partial charge is 0.504 e. The Balaban J connectivity index is 3.05. The molecule has 1 aromatic carbocycles. The van der Waals surface area contributed by atoms with Gasteiger partial charge in [-0.05, 0) is 37.6 Å². The Morgan fingerprint density at radius 3 is 2.57 bits per heavy atom. The highest BCUT2D eigenvalue weighted by Gasteiger charge is 2.36. The average molecular weight is 293 g/mol. The number of ether oxygens (including phenoxy) is 1. The van der Waals surface area contributed by atoms with E-state index in [2.05, 4.69) is 11.9 Å². The first-order valence-corrected chi connectivity index (χ1v) is 6.45. The Bertz CT molecular complexity index is 555. The lowest BCUT2D eigenvalue weighted by molar-refractivity contribution is -0.152. The molecule has 0 heterocycles. The molecule has 0 saturated heterocycles. The summed E-state index contributed by atoms with van der Waals surface area (Å²) in [6, 6.07) is 4.19. The summed E-state index contributed by atoms with van der Waals surface area (Å²) in [5.74, 6) is -1.65. The molecular weight excluding hydrogens is 274 g/mol. The fraction of sp³-hybridized carbons (Fsp3) is 0.333. The third-order valence-corrected chi connectivity index (χ3v) is 2.91. The summed E-state index contributed by atoms with van der Waals surface area (Å²) in [4.78, 5) is 23.6. The Labute approximate surface area is 123 Å². The monoisotopic (exact) mass is 293 g/mol. The molecular formula is C15H19NO5. The van der Waals surface area contributed by atoms with Crippen molar-refractivity contribution in [2.24, 2.45) is 0 Å². The molecule has 0 radical (unpaired) electrons. The number of aromatic hydroxyl groups is 2. The first-order chi connectivity index (χ1) is 9.82. The molecule has 1 amide bonds. The molecule has 0 saturated carbocycles. The molecule has 0 aliphatic carbocycles. The Morgan fingerprint density at radius 2 is 2.05 bits per heavy atom. The van der Waals surface area contributed by atoms with Gasteiger partial charge in [-0.25, -0.2) is 4.79 Å². The molecule has 0 aromatic heterocycles. The summed E-state index contributed by atoms with van der Waals surface area (Å²) in [5.41, 5.74) is -0.741. The molecule has 1 rings (SSSR count). The summed E-state index contributed by atoms with van der Waals surface area (Å²) in [7, 11) is 0. The number of hydrogen-bond donors (Lipinski definition) is 3. The number of benzene rings is 1. The Hall–Kier alpha value is -2.50. The van der Waals surface area contributed by atoms with Gasteiger partial charge >= 0.3 is 5.97 Å². The Morgan fingerprint density at radius 1 is 1.38 bits per heavy atom. The van der Waals surface area contributed by atoms with Crippen LogP contribution < -0.4 is 5.32 Å². The fourth-order valence-electron chi connectivity index (χ4n) is 1.87. The van der Waals surface area contributed by atoms with Crippen LogP contribution in [0.4, 0.5) is 0 Å². The molecule has 0 bridgehead atoms. The van der Waals surface area contributed by atoms with Crippen molar-refractivity contribution >= 4 is 11.9 Å². The van der Waals surface area contributed by atoms with Crippen molar-refractivity contribution in [1.29, 1.82) is 0 Å². The van der Waals surface area contributed by atoms with Crippen molar-refractivity contribution in [2.75, 3.05) is 6.61 Å². The number of esters is 1. The van der Waals surface area contributed by atoms with Gasteiger partial charge in [-0.15, -0.1) is 0 Å². The van der Waals surface area contributed by atoms with Crippen LogP contribution in [0.25, 0.3) is 0 Å². The molecule has 0 fully saturated rings. The Kier molecular flexibility index (Phi) is 5.35. The van der Waals surface area contributed by atoms with Gasteiger partial charge in [0, 0.05) is 6.42 Å². The summed E-state index contributed by atoms with van der Waals surface area (Å²) < 4.78 is 4.98. The predicted molar refractivity (Wildman–Crippen MR) is 76.9 cm³/mol. The summed E-state index contributed by atoms with van der Waals surface area (Å²) in [6.07, 6.45) is 1.16. The van der Waals surface area contributed by atoms with Crippen LogP contribution in [0.2, 0.25) is 0 Å². The molecule has 0 aliphatic heterocycles. The minimum Gasteiger partial charge on any atom is -0.504 e. The highest BCUT2D eigenvalue weighted by molar-refractivity contribution is 5.93. The lowest BCUT2D eigenvalue weighted by Gasteiger charge is -2.28. The summed E-state index contributed by atoms with van der Waals surface area (Å²) >= 11 is 0. The van der Waals surface area contributed by atoms with Crippen molar-refractivity contribution < 1.29 is 24.5 Å². The van der Waals surface area contributed by atoms with Crippen molar-refractivity contribution in [3.05, 3.63) is 36.4 Å². The number of phenolic OH excluding ortho intramolecular Hbond substituents is 2. The van der Waals surface area contributed by atoms with Crippen molar-refractivity contribution in [1.82, 2.24) is 5.32 Å². The minimum absolute atomic E-state index is 0.0965. The van der Waals surface area contributed by atoms with Crippen LogP contribution in [-0.2, 0) is 20.7 Å². The van der Waals surface area contributed by atoms with E-state index in [0.29, 0.717) is 5.56 Å². The van der Waals surface area contributed by atoms with Crippen LogP contribution in [0.3, 0.4) is 0 Å².